The van der Waals surface area contributed by atoms with Crippen molar-refractivity contribution in [2.75, 3.05) is 0 Å². The van der Waals surface area contributed by atoms with Crippen LogP contribution in [-0.2, 0) is 9.47 Å². The van der Waals surface area contributed by atoms with Gasteiger partial charge in [-0.15, -0.1) is 0 Å². The van der Waals surface area contributed by atoms with Gasteiger partial charge >= 0.3 is 0 Å². The number of hydrogen-bond donors (Lipinski definition) is 1. The maximum Gasteiger partial charge on any atom is 0.217 e. The van der Waals surface area contributed by atoms with Gasteiger partial charge in [-0.1, -0.05) is 34.5 Å². The molecule has 1 aliphatic carbocycles. The molecule has 2 heterocycles. The second-order valence-corrected chi connectivity index (χ2v) is 7.96. The third-order valence-corrected chi connectivity index (χ3v) is 6.46. The number of ether oxygens (including phenoxy) is 2. The number of nitrogens with one attached hydrogen (secondary N) is 1. The summed E-state index contributed by atoms with van der Waals surface area (Å²) in [5.74, 6) is -1.92. The van der Waals surface area contributed by atoms with E-state index in [1.165, 1.54) is 0 Å². The van der Waals surface area contributed by atoms with Gasteiger partial charge < -0.3 is 9.47 Å². The van der Waals surface area contributed by atoms with Crippen molar-refractivity contribution < 1.29 is 9.47 Å². The molecule has 3 aliphatic rings. The molecule has 3 fully saturated rings. The molecule has 0 amide bonds. The molecule has 26 heavy (non-hydrogen) atoms. The van der Waals surface area contributed by atoms with Crippen molar-refractivity contribution in [1.29, 1.82) is 21.2 Å². The maximum atomic E-state index is 10.2. The van der Waals surface area contributed by atoms with Crippen LogP contribution in [0.15, 0.2) is 28.7 Å². The van der Waals surface area contributed by atoms with E-state index in [2.05, 4.69) is 34.1 Å². The summed E-state index contributed by atoms with van der Waals surface area (Å²) in [6.45, 7) is 0. The SMILES string of the molecule is N#CC1(C#N)[C@@H](c2cccc(Br)c2)O[C@@]23CCCC[C@H]2[C@]1(C#N)C(=N)O3. The van der Waals surface area contributed by atoms with Crippen LogP contribution < -0.4 is 0 Å². The lowest BCUT2D eigenvalue weighted by Crippen LogP contribution is -2.60. The van der Waals surface area contributed by atoms with Gasteiger partial charge in [-0.25, -0.2) is 0 Å². The third-order valence-electron chi connectivity index (χ3n) is 5.97. The van der Waals surface area contributed by atoms with Gasteiger partial charge in [0.25, 0.3) is 0 Å². The predicted octanol–water partition coefficient (Wildman–Crippen LogP) is 3.96. The van der Waals surface area contributed by atoms with Crippen LogP contribution in [0.3, 0.4) is 0 Å². The molecule has 7 heteroatoms. The fourth-order valence-corrected chi connectivity index (χ4v) is 5.25. The summed E-state index contributed by atoms with van der Waals surface area (Å²) in [6, 6.07) is 13.5. The van der Waals surface area contributed by atoms with Gasteiger partial charge in [0, 0.05) is 10.9 Å². The molecule has 2 aliphatic heterocycles. The molecule has 2 bridgehead atoms. The highest BCUT2D eigenvalue weighted by Gasteiger charge is 2.80. The van der Waals surface area contributed by atoms with E-state index in [1.54, 1.807) is 18.2 Å². The zero-order valence-corrected chi connectivity index (χ0v) is 15.4. The average molecular weight is 411 g/mol. The number of rotatable bonds is 1. The molecule has 1 N–H and O–H groups in total. The van der Waals surface area contributed by atoms with Crippen molar-refractivity contribution in [1.82, 2.24) is 0 Å². The minimum atomic E-state index is -1.86. The minimum absolute atomic E-state index is 0.313. The Bertz CT molecular complexity index is 913. The first kappa shape index (κ1) is 17.0. The quantitative estimate of drug-likeness (QED) is 0.752. The van der Waals surface area contributed by atoms with Crippen LogP contribution in [0, 0.1) is 56.2 Å². The van der Waals surface area contributed by atoms with Crippen molar-refractivity contribution in [3.63, 3.8) is 0 Å². The third kappa shape index (κ3) is 1.79. The van der Waals surface area contributed by atoms with E-state index in [9.17, 15) is 15.8 Å². The van der Waals surface area contributed by atoms with Crippen molar-refractivity contribution >= 4 is 21.8 Å². The van der Waals surface area contributed by atoms with E-state index >= 15 is 0 Å². The molecule has 0 spiro atoms. The fraction of sp³-hybridized carbons (Fsp3) is 0.474. The van der Waals surface area contributed by atoms with Crippen LogP contribution in [0.1, 0.15) is 37.4 Å². The summed E-state index contributed by atoms with van der Waals surface area (Å²) in [5, 5.41) is 38.8. The van der Waals surface area contributed by atoms with Crippen molar-refractivity contribution in [2.45, 2.75) is 37.6 Å². The number of nitrogens with zero attached hydrogens (tertiary/aromatic N) is 3. The molecule has 6 nitrogen and oxygen atoms in total. The maximum absolute atomic E-state index is 10.2. The highest BCUT2D eigenvalue weighted by atomic mass is 79.9. The second-order valence-electron chi connectivity index (χ2n) is 7.05. The molecule has 1 aromatic carbocycles. The monoisotopic (exact) mass is 410 g/mol. The topological polar surface area (TPSA) is 114 Å². The molecule has 4 atom stereocenters. The van der Waals surface area contributed by atoms with Gasteiger partial charge in [0.05, 0.1) is 24.1 Å². The summed E-state index contributed by atoms with van der Waals surface area (Å²) < 4.78 is 12.9. The van der Waals surface area contributed by atoms with Gasteiger partial charge in [-0.2, -0.15) is 15.8 Å². The lowest BCUT2D eigenvalue weighted by atomic mass is 9.51. The Morgan fingerprint density at radius 2 is 1.92 bits per heavy atom. The summed E-state index contributed by atoms with van der Waals surface area (Å²) in [5.41, 5.74) is -2.88. The van der Waals surface area contributed by atoms with Crippen molar-refractivity contribution in [2.24, 2.45) is 16.7 Å². The molecule has 1 saturated carbocycles. The van der Waals surface area contributed by atoms with Gasteiger partial charge in [0.15, 0.2) is 5.41 Å². The molecule has 0 unspecified atom stereocenters. The standard InChI is InChI=1S/C19H15BrN4O2/c20-13-5-3-4-12(8-13)15-17(9-21,10-22)18(11-23)14-6-1-2-7-19(14,25-15)26-16(18)24/h3-5,8,14-15,24H,1-2,6-7H2/t14-,15+,18+,19+/m0/s1. The van der Waals surface area contributed by atoms with Crippen LogP contribution in [0.5, 0.6) is 0 Å². The zero-order valence-electron chi connectivity index (χ0n) is 13.8. The molecule has 0 radical (unpaired) electrons. The Morgan fingerprint density at radius 3 is 2.58 bits per heavy atom. The van der Waals surface area contributed by atoms with Gasteiger partial charge in [0.2, 0.25) is 17.1 Å². The number of nitriles is 3. The molecule has 130 valence electrons. The largest absolute Gasteiger partial charge is 0.447 e. The van der Waals surface area contributed by atoms with Crippen LogP contribution in [0.2, 0.25) is 0 Å². The Morgan fingerprint density at radius 1 is 1.15 bits per heavy atom. The highest BCUT2D eigenvalue weighted by Crippen LogP contribution is 2.69. The Kier molecular flexibility index (Phi) is 3.63. The highest BCUT2D eigenvalue weighted by molar-refractivity contribution is 9.10. The van der Waals surface area contributed by atoms with E-state index < -0.39 is 28.6 Å². The normalized spacial score (nSPS) is 36.8. The number of hydrogen-bond acceptors (Lipinski definition) is 6. The Balaban J connectivity index is 2.01. The smallest absolute Gasteiger partial charge is 0.217 e. The molecule has 2 saturated heterocycles. The first-order valence-electron chi connectivity index (χ1n) is 8.45. The lowest BCUT2D eigenvalue weighted by Gasteiger charge is -2.51. The van der Waals surface area contributed by atoms with E-state index in [4.69, 9.17) is 14.9 Å². The van der Waals surface area contributed by atoms with E-state index in [-0.39, 0.29) is 5.90 Å². The van der Waals surface area contributed by atoms with Gasteiger partial charge in [0.1, 0.15) is 6.10 Å². The summed E-state index contributed by atoms with van der Waals surface area (Å²) in [6.07, 6.45) is 1.85. The van der Waals surface area contributed by atoms with Crippen LogP contribution in [0.4, 0.5) is 0 Å². The van der Waals surface area contributed by atoms with Gasteiger partial charge in [-0.05, 0) is 30.5 Å². The second kappa shape index (κ2) is 5.55. The number of benzene rings is 1. The molecule has 4 rings (SSSR count). The van der Waals surface area contributed by atoms with E-state index in [0.29, 0.717) is 18.4 Å². The van der Waals surface area contributed by atoms with Crippen LogP contribution in [-0.4, -0.2) is 11.7 Å². The summed E-state index contributed by atoms with van der Waals surface area (Å²) >= 11 is 3.41. The van der Waals surface area contributed by atoms with Crippen LogP contribution in [0.25, 0.3) is 0 Å². The first-order valence-corrected chi connectivity index (χ1v) is 9.24. The van der Waals surface area contributed by atoms with Crippen molar-refractivity contribution in [3.8, 4) is 18.2 Å². The summed E-state index contributed by atoms with van der Waals surface area (Å²) in [7, 11) is 0. The van der Waals surface area contributed by atoms with E-state index in [0.717, 1.165) is 17.3 Å². The summed E-state index contributed by atoms with van der Waals surface area (Å²) in [4.78, 5) is 0. The average Bonchev–Trinajstić information content (AvgIpc) is 2.86. The van der Waals surface area contributed by atoms with Crippen LogP contribution >= 0.6 is 15.9 Å². The minimum Gasteiger partial charge on any atom is -0.447 e. The zero-order chi connectivity index (χ0) is 18.6. The predicted molar refractivity (Wildman–Crippen MR) is 93.2 cm³/mol. The molecule has 1 aromatic rings. The fourth-order valence-electron chi connectivity index (χ4n) is 4.83. The Hall–Kier alpha value is -2.40. The number of halogens is 1. The molecule has 0 aromatic heterocycles. The Labute approximate surface area is 159 Å². The lowest BCUT2D eigenvalue weighted by molar-refractivity contribution is -0.294. The molecular formula is C19H15BrN4O2. The first-order chi connectivity index (χ1) is 12.5. The molecular weight excluding hydrogens is 396 g/mol. The van der Waals surface area contributed by atoms with Gasteiger partial charge in [-0.3, -0.25) is 5.41 Å². The van der Waals surface area contributed by atoms with Crippen molar-refractivity contribution in [3.05, 3.63) is 34.3 Å². The van der Waals surface area contributed by atoms with E-state index in [1.807, 2.05) is 6.07 Å².